The Balaban J connectivity index is 1.82. The molecule has 1 saturated heterocycles. The summed E-state index contributed by atoms with van der Waals surface area (Å²) in [4.78, 5) is 18.8. The third kappa shape index (κ3) is 1.69. The van der Waals surface area contributed by atoms with E-state index < -0.39 is 0 Å². The number of Topliss-reactive ketones (excluding diaryl/α,β-unsaturated/α-hetero) is 1. The highest BCUT2D eigenvalue weighted by molar-refractivity contribution is 5.87. The van der Waals surface area contributed by atoms with Crippen molar-refractivity contribution >= 4 is 5.78 Å². The summed E-state index contributed by atoms with van der Waals surface area (Å²) < 4.78 is 0. The fourth-order valence-electron chi connectivity index (χ4n) is 3.83. The average molecular weight is 244 g/mol. The highest BCUT2D eigenvalue weighted by atomic mass is 16.1. The lowest BCUT2D eigenvalue weighted by molar-refractivity contribution is -0.165. The van der Waals surface area contributed by atoms with Crippen molar-refractivity contribution in [1.29, 1.82) is 0 Å². The van der Waals surface area contributed by atoms with Gasteiger partial charge in [0.2, 0.25) is 0 Å². The van der Waals surface area contributed by atoms with Crippen LogP contribution in [0.3, 0.4) is 0 Å². The van der Waals surface area contributed by atoms with Crippen LogP contribution in [0, 0.1) is 5.92 Å². The first-order valence-corrected chi connectivity index (χ1v) is 6.79. The Kier molecular flexibility index (Phi) is 2.74. The lowest BCUT2D eigenvalue weighted by Crippen LogP contribution is -2.72. The van der Waals surface area contributed by atoms with Gasteiger partial charge in [-0.2, -0.15) is 0 Å². The molecule has 2 aliphatic rings. The van der Waals surface area contributed by atoms with E-state index in [0.717, 1.165) is 25.1 Å². The molecule has 2 fully saturated rings. The molecule has 1 aliphatic carbocycles. The third-order valence-corrected chi connectivity index (χ3v) is 4.64. The van der Waals surface area contributed by atoms with Crippen LogP contribution in [-0.2, 0) is 11.3 Å². The molecular formula is C15H20N2O. The molecule has 3 nitrogen and oxygen atoms in total. The van der Waals surface area contributed by atoms with Crippen LogP contribution in [0.25, 0.3) is 0 Å². The molecule has 96 valence electrons. The van der Waals surface area contributed by atoms with Gasteiger partial charge < -0.3 is 0 Å². The summed E-state index contributed by atoms with van der Waals surface area (Å²) in [6.45, 7) is 4.83. The Labute approximate surface area is 108 Å². The van der Waals surface area contributed by atoms with Gasteiger partial charge in [0, 0.05) is 18.8 Å². The minimum absolute atomic E-state index is 0.181. The highest BCUT2D eigenvalue weighted by Crippen LogP contribution is 2.50. The van der Waals surface area contributed by atoms with E-state index in [2.05, 4.69) is 16.8 Å². The molecular weight excluding hydrogens is 224 g/mol. The van der Waals surface area contributed by atoms with Gasteiger partial charge in [-0.25, -0.2) is 0 Å². The van der Waals surface area contributed by atoms with E-state index in [9.17, 15) is 4.79 Å². The average Bonchev–Trinajstić information content (AvgIpc) is 2.36. The number of fused-ring (bicyclic) bond motifs is 2. The van der Waals surface area contributed by atoms with Crippen molar-refractivity contribution in [3.05, 3.63) is 30.1 Å². The van der Waals surface area contributed by atoms with Crippen molar-refractivity contribution in [3.63, 3.8) is 0 Å². The highest BCUT2D eigenvalue weighted by Gasteiger charge is 2.58. The monoisotopic (exact) mass is 244 g/mol. The number of nitrogens with zero attached hydrogens (tertiary/aromatic N) is 2. The number of carbonyl (C=O) groups excluding carboxylic acids is 1. The van der Waals surface area contributed by atoms with Crippen molar-refractivity contribution < 1.29 is 4.79 Å². The second kappa shape index (κ2) is 4.16. The third-order valence-electron chi connectivity index (χ3n) is 4.64. The zero-order chi connectivity index (χ0) is 12.8. The first-order valence-electron chi connectivity index (χ1n) is 6.79. The van der Waals surface area contributed by atoms with E-state index in [1.165, 1.54) is 6.42 Å². The number of likely N-dealkylation sites (tertiary alicyclic amines) is 1. The summed E-state index contributed by atoms with van der Waals surface area (Å²) in [5.41, 5.74) is 0.891. The Hall–Kier alpha value is -1.22. The topological polar surface area (TPSA) is 33.2 Å². The van der Waals surface area contributed by atoms with E-state index in [-0.39, 0.29) is 5.54 Å². The maximum Gasteiger partial charge on any atom is 0.150 e. The minimum Gasteiger partial charge on any atom is -0.298 e. The number of aromatic nitrogens is 1. The van der Waals surface area contributed by atoms with E-state index in [4.69, 9.17) is 0 Å². The standard InChI is InChI=1S/C15H20N2O/c1-11-7-14-9-15(8-11,12(2)18)17(14)10-13-5-3-4-6-16-13/h3-6,11,14H,7-10H2,1-2H3. The van der Waals surface area contributed by atoms with E-state index in [0.29, 0.717) is 17.7 Å². The number of hydrogen-bond acceptors (Lipinski definition) is 3. The molecule has 2 bridgehead atoms. The Morgan fingerprint density at radius 3 is 3.00 bits per heavy atom. The summed E-state index contributed by atoms with van der Waals surface area (Å²) in [7, 11) is 0. The molecule has 0 spiro atoms. The number of hydrogen-bond donors (Lipinski definition) is 0. The molecule has 0 aromatic carbocycles. The maximum absolute atomic E-state index is 12.0. The zero-order valence-corrected chi connectivity index (χ0v) is 11.1. The smallest absolute Gasteiger partial charge is 0.150 e. The van der Waals surface area contributed by atoms with Crippen LogP contribution in [0.4, 0.5) is 0 Å². The van der Waals surface area contributed by atoms with Crippen molar-refractivity contribution in [2.24, 2.45) is 5.92 Å². The summed E-state index contributed by atoms with van der Waals surface area (Å²) in [5, 5.41) is 0. The number of piperidine rings is 1. The van der Waals surface area contributed by atoms with Crippen LogP contribution < -0.4 is 0 Å². The van der Waals surface area contributed by atoms with Gasteiger partial charge in [-0.3, -0.25) is 14.7 Å². The van der Waals surface area contributed by atoms with Gasteiger partial charge in [0.15, 0.2) is 0 Å². The predicted molar refractivity (Wildman–Crippen MR) is 70.0 cm³/mol. The van der Waals surface area contributed by atoms with Crippen molar-refractivity contribution in [2.75, 3.05) is 0 Å². The SMILES string of the molecule is CC(=O)C12CC(C)CC(C1)N2Cc1ccccn1. The summed E-state index contributed by atoms with van der Waals surface area (Å²) in [5.74, 6) is 1.01. The van der Waals surface area contributed by atoms with Gasteiger partial charge in [-0.15, -0.1) is 0 Å². The Morgan fingerprint density at radius 1 is 1.50 bits per heavy atom. The fourth-order valence-corrected chi connectivity index (χ4v) is 3.83. The molecule has 1 aliphatic heterocycles. The molecule has 2 heterocycles. The zero-order valence-electron chi connectivity index (χ0n) is 11.1. The van der Waals surface area contributed by atoms with Gasteiger partial charge >= 0.3 is 0 Å². The molecule has 1 aromatic rings. The first kappa shape index (κ1) is 11.8. The number of ketones is 1. The molecule has 3 rings (SSSR count). The number of carbonyl (C=O) groups is 1. The van der Waals surface area contributed by atoms with Gasteiger partial charge in [-0.1, -0.05) is 13.0 Å². The summed E-state index contributed by atoms with van der Waals surface area (Å²) in [6.07, 6.45) is 5.13. The van der Waals surface area contributed by atoms with Crippen molar-refractivity contribution in [1.82, 2.24) is 9.88 Å². The van der Waals surface area contributed by atoms with E-state index in [1.54, 1.807) is 6.92 Å². The minimum atomic E-state index is -0.181. The second-order valence-corrected chi connectivity index (χ2v) is 5.94. The molecule has 0 amide bonds. The van der Waals surface area contributed by atoms with Crippen molar-refractivity contribution in [3.8, 4) is 0 Å². The summed E-state index contributed by atoms with van der Waals surface area (Å²) >= 11 is 0. The molecule has 3 atom stereocenters. The lowest BCUT2D eigenvalue weighted by atomic mass is 9.62. The first-order chi connectivity index (χ1) is 8.62. The molecule has 18 heavy (non-hydrogen) atoms. The molecule has 3 unspecified atom stereocenters. The number of pyridine rings is 1. The van der Waals surface area contributed by atoms with Crippen LogP contribution in [0.15, 0.2) is 24.4 Å². The molecule has 1 saturated carbocycles. The maximum atomic E-state index is 12.0. The normalized spacial score (nSPS) is 35.0. The van der Waals surface area contributed by atoms with Gasteiger partial charge in [0.05, 0.1) is 11.2 Å². The fraction of sp³-hybridized carbons (Fsp3) is 0.600. The van der Waals surface area contributed by atoms with Crippen LogP contribution in [0.5, 0.6) is 0 Å². The molecule has 0 radical (unpaired) electrons. The van der Waals surface area contributed by atoms with Crippen LogP contribution in [0.2, 0.25) is 0 Å². The quantitative estimate of drug-likeness (QED) is 0.818. The Bertz CT molecular complexity index is 459. The van der Waals surface area contributed by atoms with Crippen LogP contribution in [-0.4, -0.2) is 27.2 Å². The van der Waals surface area contributed by atoms with Gasteiger partial charge in [0.25, 0.3) is 0 Å². The molecule has 1 aromatic heterocycles. The van der Waals surface area contributed by atoms with Crippen LogP contribution >= 0.6 is 0 Å². The Morgan fingerprint density at radius 2 is 2.33 bits per heavy atom. The predicted octanol–water partition coefficient (Wildman–Crippen LogP) is 2.41. The van der Waals surface area contributed by atoms with Gasteiger partial charge in [0.1, 0.15) is 5.78 Å². The van der Waals surface area contributed by atoms with Crippen molar-refractivity contribution in [2.45, 2.75) is 51.2 Å². The summed E-state index contributed by atoms with van der Waals surface area (Å²) in [6, 6.07) is 6.58. The van der Waals surface area contributed by atoms with E-state index >= 15 is 0 Å². The molecule has 3 heteroatoms. The largest absolute Gasteiger partial charge is 0.298 e. The van der Waals surface area contributed by atoms with E-state index in [1.807, 2.05) is 24.4 Å². The second-order valence-electron chi connectivity index (χ2n) is 5.94. The molecule has 0 N–H and O–H groups in total. The van der Waals surface area contributed by atoms with Crippen LogP contribution in [0.1, 0.15) is 38.8 Å². The number of rotatable bonds is 3. The van der Waals surface area contributed by atoms with Gasteiger partial charge in [-0.05, 0) is 44.2 Å². The lowest BCUT2D eigenvalue weighted by Gasteiger charge is -2.62.